The van der Waals surface area contributed by atoms with Gasteiger partial charge in [-0.15, -0.1) is 0 Å². The number of rotatable bonds is 6. The Bertz CT molecular complexity index is 223. The van der Waals surface area contributed by atoms with E-state index >= 15 is 0 Å². The van der Waals surface area contributed by atoms with Crippen molar-refractivity contribution in [3.63, 3.8) is 0 Å². The molecule has 0 aromatic carbocycles. The largest absolute Gasteiger partial charge is 0.389 e. The molecule has 0 aliphatic rings. The molecule has 0 fully saturated rings. The molecule has 90 valence electrons. The van der Waals surface area contributed by atoms with Gasteiger partial charge in [0.15, 0.2) is 0 Å². The molecule has 4 N–H and O–H groups in total. The van der Waals surface area contributed by atoms with E-state index in [1.165, 1.54) is 0 Å². The Morgan fingerprint density at radius 2 is 1.87 bits per heavy atom. The van der Waals surface area contributed by atoms with Crippen LogP contribution in [-0.2, 0) is 4.79 Å². The van der Waals surface area contributed by atoms with E-state index in [9.17, 15) is 9.90 Å². The van der Waals surface area contributed by atoms with Crippen LogP contribution >= 0.6 is 0 Å². The first-order valence-electron chi connectivity index (χ1n) is 5.32. The van der Waals surface area contributed by atoms with E-state index in [4.69, 9.17) is 5.73 Å². The summed E-state index contributed by atoms with van der Waals surface area (Å²) in [6, 6.07) is 0. The van der Waals surface area contributed by atoms with Crippen LogP contribution in [0.3, 0.4) is 0 Å². The molecule has 0 bridgehead atoms. The van der Waals surface area contributed by atoms with Crippen molar-refractivity contribution in [1.29, 1.82) is 0 Å². The third kappa shape index (κ3) is 5.74. The van der Waals surface area contributed by atoms with Crippen LogP contribution in [0.2, 0.25) is 0 Å². The fourth-order valence-electron chi connectivity index (χ4n) is 1.12. The maximum absolute atomic E-state index is 10.8. The molecular formula is C11H24N2O2. The lowest BCUT2D eigenvalue weighted by atomic mass is 9.90. The Kier molecular flexibility index (Phi) is 4.74. The Labute approximate surface area is 92.2 Å². The van der Waals surface area contributed by atoms with Crippen LogP contribution < -0.4 is 11.1 Å². The molecule has 0 aliphatic carbocycles. The van der Waals surface area contributed by atoms with Crippen LogP contribution in [0.15, 0.2) is 0 Å². The summed E-state index contributed by atoms with van der Waals surface area (Å²) in [4.78, 5) is 10.8. The topological polar surface area (TPSA) is 75.3 Å². The van der Waals surface area contributed by atoms with E-state index in [1.807, 2.05) is 27.7 Å². The van der Waals surface area contributed by atoms with Gasteiger partial charge in [-0.3, -0.25) is 4.79 Å². The standard InChI is InChI=1S/C11H24N2O2/c1-8(2)11(5,15)7-13-10(3,4)6-9(12)14/h8,13,15H,6-7H2,1-5H3,(H2,12,14). The number of β-amino-alcohol motifs (C(OH)–C–C–N with tert-alkyl or cyclic N) is 1. The molecule has 0 saturated carbocycles. The van der Waals surface area contributed by atoms with E-state index in [0.717, 1.165) is 0 Å². The normalized spacial score (nSPS) is 16.5. The van der Waals surface area contributed by atoms with Crippen molar-refractivity contribution >= 4 is 5.91 Å². The molecule has 1 atom stereocenters. The highest BCUT2D eigenvalue weighted by molar-refractivity contribution is 5.74. The van der Waals surface area contributed by atoms with Crippen molar-refractivity contribution < 1.29 is 9.90 Å². The lowest BCUT2D eigenvalue weighted by molar-refractivity contribution is -0.119. The fourth-order valence-corrected chi connectivity index (χ4v) is 1.12. The zero-order chi connectivity index (χ0) is 12.3. The zero-order valence-electron chi connectivity index (χ0n) is 10.4. The first kappa shape index (κ1) is 14.4. The van der Waals surface area contributed by atoms with Crippen molar-refractivity contribution in [2.24, 2.45) is 11.7 Å². The molecule has 0 spiro atoms. The monoisotopic (exact) mass is 216 g/mol. The molecule has 0 aliphatic heterocycles. The quantitative estimate of drug-likeness (QED) is 0.610. The molecule has 0 saturated heterocycles. The number of aliphatic hydroxyl groups is 1. The van der Waals surface area contributed by atoms with E-state index in [2.05, 4.69) is 5.32 Å². The summed E-state index contributed by atoms with van der Waals surface area (Å²) >= 11 is 0. The number of hydrogen-bond donors (Lipinski definition) is 3. The maximum Gasteiger partial charge on any atom is 0.219 e. The molecule has 0 aromatic rings. The van der Waals surface area contributed by atoms with Crippen LogP contribution in [-0.4, -0.2) is 28.7 Å². The van der Waals surface area contributed by atoms with Gasteiger partial charge < -0.3 is 16.2 Å². The highest BCUT2D eigenvalue weighted by Crippen LogP contribution is 2.17. The molecule has 15 heavy (non-hydrogen) atoms. The summed E-state index contributed by atoms with van der Waals surface area (Å²) in [5.74, 6) is -0.175. The van der Waals surface area contributed by atoms with E-state index in [0.29, 0.717) is 6.54 Å². The number of carbonyl (C=O) groups excluding carboxylic acids is 1. The SMILES string of the molecule is CC(C)C(C)(O)CNC(C)(C)CC(N)=O. The number of amides is 1. The maximum atomic E-state index is 10.8. The van der Waals surface area contributed by atoms with Crippen LogP contribution in [0.4, 0.5) is 0 Å². The van der Waals surface area contributed by atoms with Crippen molar-refractivity contribution in [3.8, 4) is 0 Å². The highest BCUT2D eigenvalue weighted by atomic mass is 16.3. The summed E-state index contributed by atoms with van der Waals surface area (Å²) in [7, 11) is 0. The van der Waals surface area contributed by atoms with Gasteiger partial charge in [-0.25, -0.2) is 0 Å². The first-order chi connectivity index (χ1) is 6.57. The van der Waals surface area contributed by atoms with E-state index in [1.54, 1.807) is 6.92 Å². The molecule has 1 amide bonds. The van der Waals surface area contributed by atoms with Gasteiger partial charge in [-0.1, -0.05) is 13.8 Å². The Balaban J connectivity index is 4.19. The van der Waals surface area contributed by atoms with Gasteiger partial charge in [0.1, 0.15) is 0 Å². The van der Waals surface area contributed by atoms with Gasteiger partial charge in [-0.2, -0.15) is 0 Å². The second-order valence-electron chi connectivity index (χ2n) is 5.39. The number of carbonyl (C=O) groups is 1. The molecule has 0 rings (SSSR count). The van der Waals surface area contributed by atoms with Gasteiger partial charge in [0.05, 0.1) is 5.60 Å². The third-order valence-electron chi connectivity index (χ3n) is 2.78. The predicted octanol–water partition coefficient (Wildman–Crippen LogP) is 0.637. The van der Waals surface area contributed by atoms with Gasteiger partial charge in [0.25, 0.3) is 0 Å². The summed E-state index contributed by atoms with van der Waals surface area (Å²) in [6.45, 7) is 9.95. The Hall–Kier alpha value is -0.610. The molecule has 0 radical (unpaired) electrons. The van der Waals surface area contributed by atoms with Gasteiger partial charge in [0, 0.05) is 18.5 Å². The van der Waals surface area contributed by atoms with E-state index < -0.39 is 5.60 Å². The zero-order valence-corrected chi connectivity index (χ0v) is 10.4. The lowest BCUT2D eigenvalue weighted by Gasteiger charge is -2.33. The molecule has 0 aromatic heterocycles. The Morgan fingerprint density at radius 3 is 2.20 bits per heavy atom. The number of hydrogen-bond acceptors (Lipinski definition) is 3. The van der Waals surface area contributed by atoms with Crippen LogP contribution in [0.25, 0.3) is 0 Å². The van der Waals surface area contributed by atoms with Gasteiger partial charge >= 0.3 is 0 Å². The molecule has 1 unspecified atom stereocenters. The number of nitrogens with two attached hydrogens (primary N) is 1. The summed E-state index contributed by atoms with van der Waals surface area (Å²) < 4.78 is 0. The van der Waals surface area contributed by atoms with Crippen molar-refractivity contribution in [2.45, 2.75) is 52.2 Å². The van der Waals surface area contributed by atoms with Crippen molar-refractivity contribution in [3.05, 3.63) is 0 Å². The number of primary amides is 1. The summed E-state index contributed by atoms with van der Waals surface area (Å²) in [5, 5.41) is 13.2. The van der Waals surface area contributed by atoms with Crippen LogP contribution in [0.1, 0.15) is 41.0 Å². The fraction of sp³-hybridized carbons (Fsp3) is 0.909. The van der Waals surface area contributed by atoms with Crippen LogP contribution in [0, 0.1) is 5.92 Å². The molecule has 4 heteroatoms. The minimum atomic E-state index is -0.769. The minimum Gasteiger partial charge on any atom is -0.389 e. The number of nitrogens with one attached hydrogen (secondary N) is 1. The van der Waals surface area contributed by atoms with Crippen molar-refractivity contribution in [1.82, 2.24) is 5.32 Å². The second kappa shape index (κ2) is 4.94. The van der Waals surface area contributed by atoms with Crippen molar-refractivity contribution in [2.75, 3.05) is 6.54 Å². The molecule has 0 heterocycles. The average Bonchev–Trinajstić information content (AvgIpc) is 1.98. The molecule has 4 nitrogen and oxygen atoms in total. The average molecular weight is 216 g/mol. The second-order valence-corrected chi connectivity index (χ2v) is 5.39. The van der Waals surface area contributed by atoms with Crippen LogP contribution in [0.5, 0.6) is 0 Å². The summed E-state index contributed by atoms with van der Waals surface area (Å²) in [5.41, 5.74) is 4.00. The first-order valence-corrected chi connectivity index (χ1v) is 5.32. The smallest absolute Gasteiger partial charge is 0.219 e. The third-order valence-corrected chi connectivity index (χ3v) is 2.78. The van der Waals surface area contributed by atoms with E-state index in [-0.39, 0.29) is 23.8 Å². The summed E-state index contributed by atoms with van der Waals surface area (Å²) in [6.07, 6.45) is 0.265. The molecular weight excluding hydrogens is 192 g/mol. The minimum absolute atomic E-state index is 0.161. The lowest BCUT2D eigenvalue weighted by Crippen LogP contribution is -2.51. The Morgan fingerprint density at radius 1 is 1.40 bits per heavy atom. The van der Waals surface area contributed by atoms with Gasteiger partial charge in [-0.05, 0) is 26.7 Å². The highest BCUT2D eigenvalue weighted by Gasteiger charge is 2.28. The van der Waals surface area contributed by atoms with Gasteiger partial charge in [0.2, 0.25) is 5.91 Å². The predicted molar refractivity (Wildman–Crippen MR) is 61.4 cm³/mol.